The van der Waals surface area contributed by atoms with Gasteiger partial charge in [-0.25, -0.2) is 0 Å². The van der Waals surface area contributed by atoms with Gasteiger partial charge < -0.3 is 10.0 Å². The van der Waals surface area contributed by atoms with Gasteiger partial charge in [-0.2, -0.15) is 0 Å². The van der Waals surface area contributed by atoms with E-state index in [1.54, 1.807) is 6.92 Å². The summed E-state index contributed by atoms with van der Waals surface area (Å²) in [6, 6.07) is 0. The van der Waals surface area contributed by atoms with Crippen molar-refractivity contribution < 1.29 is 9.90 Å². The molecule has 12 heavy (non-hydrogen) atoms. The molecule has 3 nitrogen and oxygen atoms in total. The summed E-state index contributed by atoms with van der Waals surface area (Å²) in [7, 11) is 0. The standard InChI is InChI=1S/C9H17NO2/c1-8(12)10-5-2-3-9(7-11)4-6-10/h9,11H,2-7H2,1H3. The fourth-order valence-electron chi connectivity index (χ4n) is 1.66. The van der Waals surface area contributed by atoms with E-state index in [0.717, 1.165) is 32.4 Å². The molecular formula is C9H17NO2. The highest BCUT2D eigenvalue weighted by Gasteiger charge is 2.17. The fourth-order valence-corrected chi connectivity index (χ4v) is 1.66. The van der Waals surface area contributed by atoms with Gasteiger partial charge in [0.25, 0.3) is 0 Å². The second kappa shape index (κ2) is 4.45. The predicted molar refractivity (Wildman–Crippen MR) is 46.7 cm³/mol. The molecule has 70 valence electrons. The van der Waals surface area contributed by atoms with Crippen molar-refractivity contribution >= 4 is 5.91 Å². The van der Waals surface area contributed by atoms with E-state index in [0.29, 0.717) is 5.92 Å². The van der Waals surface area contributed by atoms with E-state index in [2.05, 4.69) is 0 Å². The van der Waals surface area contributed by atoms with Gasteiger partial charge in [0.1, 0.15) is 0 Å². The van der Waals surface area contributed by atoms with Crippen LogP contribution in [0, 0.1) is 5.92 Å². The molecule has 1 aliphatic rings. The van der Waals surface area contributed by atoms with Gasteiger partial charge in [-0.1, -0.05) is 0 Å². The summed E-state index contributed by atoms with van der Waals surface area (Å²) in [6.45, 7) is 3.57. The lowest BCUT2D eigenvalue weighted by Gasteiger charge is -2.17. The zero-order valence-corrected chi connectivity index (χ0v) is 7.62. The van der Waals surface area contributed by atoms with E-state index in [-0.39, 0.29) is 12.5 Å². The Kier molecular flexibility index (Phi) is 3.53. The van der Waals surface area contributed by atoms with Gasteiger partial charge in [0.15, 0.2) is 0 Å². The van der Waals surface area contributed by atoms with Gasteiger partial charge in [-0.15, -0.1) is 0 Å². The van der Waals surface area contributed by atoms with Crippen molar-refractivity contribution in [1.82, 2.24) is 4.90 Å². The maximum atomic E-state index is 11.0. The molecule has 1 rings (SSSR count). The first kappa shape index (κ1) is 9.52. The monoisotopic (exact) mass is 171 g/mol. The van der Waals surface area contributed by atoms with E-state index in [1.807, 2.05) is 4.90 Å². The molecule has 0 aromatic carbocycles. The number of hydrogen-bond donors (Lipinski definition) is 1. The normalized spacial score (nSPS) is 25.2. The molecule has 1 amide bonds. The number of likely N-dealkylation sites (tertiary alicyclic amines) is 1. The lowest BCUT2D eigenvalue weighted by atomic mass is 10.0. The van der Waals surface area contributed by atoms with Crippen LogP contribution in [0.1, 0.15) is 26.2 Å². The highest BCUT2D eigenvalue weighted by atomic mass is 16.3. The third-order valence-corrected chi connectivity index (χ3v) is 2.55. The van der Waals surface area contributed by atoms with Crippen molar-refractivity contribution in [2.45, 2.75) is 26.2 Å². The molecule has 0 spiro atoms. The highest BCUT2D eigenvalue weighted by Crippen LogP contribution is 2.16. The summed E-state index contributed by atoms with van der Waals surface area (Å²) in [5, 5.41) is 8.94. The lowest BCUT2D eigenvalue weighted by Crippen LogP contribution is -2.29. The van der Waals surface area contributed by atoms with Gasteiger partial charge >= 0.3 is 0 Å². The van der Waals surface area contributed by atoms with Gasteiger partial charge in [-0.05, 0) is 25.2 Å². The maximum absolute atomic E-state index is 11.0. The molecule has 0 radical (unpaired) electrons. The number of amides is 1. The van der Waals surface area contributed by atoms with Crippen LogP contribution in [0.3, 0.4) is 0 Å². The zero-order valence-electron chi connectivity index (χ0n) is 7.62. The molecular weight excluding hydrogens is 154 g/mol. The summed E-state index contributed by atoms with van der Waals surface area (Å²) >= 11 is 0. The predicted octanol–water partition coefficient (Wildman–Crippen LogP) is 0.627. The minimum atomic E-state index is 0.161. The first-order valence-electron chi connectivity index (χ1n) is 4.60. The summed E-state index contributed by atoms with van der Waals surface area (Å²) in [5.74, 6) is 0.572. The third kappa shape index (κ3) is 2.48. The minimum absolute atomic E-state index is 0.161. The molecule has 1 fully saturated rings. The Hall–Kier alpha value is -0.570. The van der Waals surface area contributed by atoms with Crippen LogP contribution in [0.25, 0.3) is 0 Å². The van der Waals surface area contributed by atoms with E-state index >= 15 is 0 Å². The average molecular weight is 171 g/mol. The van der Waals surface area contributed by atoms with Crippen LogP contribution in [-0.2, 0) is 4.79 Å². The summed E-state index contributed by atoms with van der Waals surface area (Å²) in [5.41, 5.74) is 0. The van der Waals surface area contributed by atoms with E-state index < -0.39 is 0 Å². The largest absolute Gasteiger partial charge is 0.396 e. The number of carbonyl (C=O) groups excluding carboxylic acids is 1. The maximum Gasteiger partial charge on any atom is 0.219 e. The lowest BCUT2D eigenvalue weighted by molar-refractivity contribution is -0.128. The molecule has 0 aromatic rings. The Labute approximate surface area is 73.4 Å². The molecule has 1 saturated heterocycles. The van der Waals surface area contributed by atoms with E-state index in [4.69, 9.17) is 5.11 Å². The van der Waals surface area contributed by atoms with Crippen molar-refractivity contribution in [2.75, 3.05) is 19.7 Å². The molecule has 3 heteroatoms. The van der Waals surface area contributed by atoms with Crippen molar-refractivity contribution in [1.29, 1.82) is 0 Å². The van der Waals surface area contributed by atoms with Gasteiger partial charge in [-0.3, -0.25) is 4.79 Å². The fraction of sp³-hybridized carbons (Fsp3) is 0.889. The summed E-state index contributed by atoms with van der Waals surface area (Å²) in [6.07, 6.45) is 3.04. The summed E-state index contributed by atoms with van der Waals surface area (Å²) in [4.78, 5) is 12.9. The quantitative estimate of drug-likeness (QED) is 0.628. The van der Waals surface area contributed by atoms with Crippen LogP contribution < -0.4 is 0 Å². The van der Waals surface area contributed by atoms with Crippen LogP contribution in [0.2, 0.25) is 0 Å². The molecule has 0 aromatic heterocycles. The Morgan fingerprint density at radius 3 is 2.83 bits per heavy atom. The van der Waals surface area contributed by atoms with Gasteiger partial charge in [0, 0.05) is 26.6 Å². The number of aliphatic hydroxyl groups excluding tert-OH is 1. The Morgan fingerprint density at radius 1 is 1.50 bits per heavy atom. The molecule has 0 bridgehead atoms. The molecule has 0 saturated carbocycles. The van der Waals surface area contributed by atoms with Crippen LogP contribution in [0.4, 0.5) is 0 Å². The molecule has 1 heterocycles. The van der Waals surface area contributed by atoms with E-state index in [9.17, 15) is 4.79 Å². The van der Waals surface area contributed by atoms with Crippen LogP contribution in [0.15, 0.2) is 0 Å². The minimum Gasteiger partial charge on any atom is -0.396 e. The van der Waals surface area contributed by atoms with Crippen molar-refractivity contribution in [2.24, 2.45) is 5.92 Å². The smallest absolute Gasteiger partial charge is 0.219 e. The average Bonchev–Trinajstić information content (AvgIpc) is 2.28. The van der Waals surface area contributed by atoms with Crippen LogP contribution in [0.5, 0.6) is 0 Å². The highest BCUT2D eigenvalue weighted by molar-refractivity contribution is 5.73. The molecule has 1 aliphatic heterocycles. The second-order valence-corrected chi connectivity index (χ2v) is 3.49. The zero-order chi connectivity index (χ0) is 8.97. The molecule has 1 unspecified atom stereocenters. The molecule has 1 atom stereocenters. The number of rotatable bonds is 1. The number of hydrogen-bond acceptors (Lipinski definition) is 2. The van der Waals surface area contributed by atoms with Crippen molar-refractivity contribution in [3.8, 4) is 0 Å². The van der Waals surface area contributed by atoms with Crippen molar-refractivity contribution in [3.63, 3.8) is 0 Å². The van der Waals surface area contributed by atoms with Crippen LogP contribution >= 0.6 is 0 Å². The third-order valence-electron chi connectivity index (χ3n) is 2.55. The van der Waals surface area contributed by atoms with Crippen LogP contribution in [-0.4, -0.2) is 35.6 Å². The SMILES string of the molecule is CC(=O)N1CCCC(CO)CC1. The first-order chi connectivity index (χ1) is 5.74. The number of nitrogens with zero attached hydrogens (tertiary/aromatic N) is 1. The van der Waals surface area contributed by atoms with E-state index in [1.165, 1.54) is 0 Å². The molecule has 1 N–H and O–H groups in total. The summed E-state index contributed by atoms with van der Waals surface area (Å²) < 4.78 is 0. The van der Waals surface area contributed by atoms with Crippen molar-refractivity contribution in [3.05, 3.63) is 0 Å². The first-order valence-corrected chi connectivity index (χ1v) is 4.60. The number of carbonyl (C=O) groups is 1. The Morgan fingerprint density at radius 2 is 2.25 bits per heavy atom. The Bertz CT molecular complexity index is 159. The topological polar surface area (TPSA) is 40.5 Å². The Balaban J connectivity index is 2.39. The second-order valence-electron chi connectivity index (χ2n) is 3.49. The molecule has 0 aliphatic carbocycles. The number of aliphatic hydroxyl groups is 1. The van der Waals surface area contributed by atoms with Gasteiger partial charge in [0.05, 0.1) is 0 Å². The van der Waals surface area contributed by atoms with Gasteiger partial charge in [0.2, 0.25) is 5.91 Å².